The van der Waals surface area contributed by atoms with Crippen LogP contribution in [0.3, 0.4) is 0 Å². The van der Waals surface area contributed by atoms with Crippen LogP contribution in [0.1, 0.15) is 22.2 Å². The lowest BCUT2D eigenvalue weighted by Gasteiger charge is -2.25. The number of nitro groups is 1. The molecule has 0 saturated heterocycles. The van der Waals surface area contributed by atoms with Gasteiger partial charge in [-0.1, -0.05) is 40.6 Å². The van der Waals surface area contributed by atoms with E-state index in [0.717, 1.165) is 35.4 Å². The summed E-state index contributed by atoms with van der Waals surface area (Å²) in [5.41, 5.74) is -0.433. The van der Waals surface area contributed by atoms with Gasteiger partial charge in [0, 0.05) is 22.2 Å². The van der Waals surface area contributed by atoms with Crippen LogP contribution < -0.4 is 4.90 Å². The summed E-state index contributed by atoms with van der Waals surface area (Å²) in [6.45, 7) is 0. The van der Waals surface area contributed by atoms with Crippen LogP contribution in [0.2, 0.25) is 10.0 Å². The highest BCUT2D eigenvalue weighted by atomic mass is 35.5. The number of hydrogen-bond acceptors (Lipinski definition) is 10. The summed E-state index contributed by atoms with van der Waals surface area (Å²) in [7, 11) is -4.19. The van der Waals surface area contributed by atoms with E-state index in [1.807, 2.05) is 0 Å². The number of non-ortho nitro benzene ring substituents is 1. The van der Waals surface area contributed by atoms with Gasteiger partial charge in [0.25, 0.3) is 11.6 Å². The summed E-state index contributed by atoms with van der Waals surface area (Å²) in [6.07, 6.45) is 2.26. The Morgan fingerprint density at radius 2 is 1.87 bits per heavy atom. The molecule has 1 aliphatic rings. The van der Waals surface area contributed by atoms with Crippen molar-refractivity contribution in [2.75, 3.05) is 4.90 Å². The van der Waals surface area contributed by atoms with Gasteiger partial charge in [-0.05, 0) is 42.0 Å². The maximum Gasteiger partial charge on any atom is 0.296 e. The van der Waals surface area contributed by atoms with Gasteiger partial charge in [0.05, 0.1) is 33.9 Å². The van der Waals surface area contributed by atoms with Crippen molar-refractivity contribution in [2.45, 2.75) is 15.1 Å². The van der Waals surface area contributed by atoms with Gasteiger partial charge in [0.2, 0.25) is 15.6 Å². The van der Waals surface area contributed by atoms with Crippen molar-refractivity contribution in [3.63, 3.8) is 0 Å². The first kappa shape index (κ1) is 26.6. The van der Waals surface area contributed by atoms with E-state index in [9.17, 15) is 33.2 Å². The number of halogens is 2. The number of nitro benzene ring substituents is 1. The third-order valence-corrected chi connectivity index (χ3v) is 9.55. The zero-order valence-corrected chi connectivity index (χ0v) is 22.3. The molecule has 1 amide bonds. The number of hydrogen-bond donors (Lipinski definition) is 1. The van der Waals surface area contributed by atoms with Gasteiger partial charge in [-0.25, -0.2) is 13.4 Å². The molecule has 0 bridgehead atoms. The third kappa shape index (κ3) is 4.59. The Hall–Kier alpha value is -4.04. The summed E-state index contributed by atoms with van der Waals surface area (Å²) in [6, 6.07) is 10.1. The molecule has 1 N–H and O–H groups in total. The highest BCUT2D eigenvalue weighted by Gasteiger charge is 2.47. The second-order valence-electron chi connectivity index (χ2n) is 8.03. The minimum Gasteiger partial charge on any atom is -0.503 e. The maximum absolute atomic E-state index is 13.3. The van der Waals surface area contributed by atoms with Crippen molar-refractivity contribution in [1.29, 1.82) is 0 Å². The van der Waals surface area contributed by atoms with Crippen LogP contribution in [0.4, 0.5) is 10.8 Å². The van der Waals surface area contributed by atoms with E-state index >= 15 is 0 Å². The lowest BCUT2D eigenvalue weighted by Crippen LogP contribution is -2.31. The number of ketones is 1. The number of aliphatic hydroxyl groups is 1. The predicted molar refractivity (Wildman–Crippen MR) is 140 cm³/mol. The minimum atomic E-state index is -4.19. The first-order valence-electron chi connectivity index (χ1n) is 10.8. The fourth-order valence-corrected chi connectivity index (χ4v) is 7.00. The van der Waals surface area contributed by atoms with Crippen molar-refractivity contribution in [2.24, 2.45) is 0 Å². The molecule has 0 aliphatic carbocycles. The summed E-state index contributed by atoms with van der Waals surface area (Å²) >= 11 is 13.1. The van der Waals surface area contributed by atoms with Crippen LogP contribution in [-0.4, -0.2) is 35.1 Å². The SMILES string of the molecule is O=C(C1=C(O)C(=O)N(c2ncc(S(=O)(=O)c3ccc([N+](=O)[O-])cc3)s2)C1c1ccc(Cl)cc1Cl)c1ccco1. The van der Waals surface area contributed by atoms with Crippen molar-refractivity contribution >= 4 is 66.9 Å². The fraction of sp³-hybridized carbons (Fsp3) is 0.0417. The van der Waals surface area contributed by atoms with Gasteiger partial charge in [0.1, 0.15) is 4.21 Å². The molecular weight excluding hydrogens is 593 g/mol. The molecule has 2 aromatic heterocycles. The lowest BCUT2D eigenvalue weighted by molar-refractivity contribution is -0.384. The zero-order valence-electron chi connectivity index (χ0n) is 19.1. The first-order valence-corrected chi connectivity index (χ1v) is 13.8. The average molecular weight is 606 g/mol. The number of benzene rings is 2. The van der Waals surface area contributed by atoms with E-state index in [0.29, 0.717) is 11.3 Å². The number of carbonyl (C=O) groups excluding carboxylic acids is 2. The van der Waals surface area contributed by atoms with Crippen molar-refractivity contribution < 1.29 is 32.5 Å². The molecule has 4 aromatic rings. The number of sulfone groups is 1. The van der Waals surface area contributed by atoms with Crippen molar-refractivity contribution in [1.82, 2.24) is 4.98 Å². The summed E-state index contributed by atoms with van der Waals surface area (Å²) in [5, 5.41) is 21.9. The van der Waals surface area contributed by atoms with Crippen molar-refractivity contribution in [3.05, 3.63) is 110 Å². The number of anilines is 1. The maximum atomic E-state index is 13.3. The normalized spacial score (nSPS) is 15.7. The van der Waals surface area contributed by atoms with E-state index in [-0.39, 0.29) is 46.9 Å². The summed E-state index contributed by atoms with van der Waals surface area (Å²) in [4.78, 5) is 41.7. The second-order valence-corrected chi connectivity index (χ2v) is 12.1. The van der Waals surface area contributed by atoms with Gasteiger partial charge >= 0.3 is 0 Å². The largest absolute Gasteiger partial charge is 0.503 e. The minimum absolute atomic E-state index is 0.0695. The molecule has 1 atom stereocenters. The number of rotatable bonds is 7. The number of aromatic nitrogens is 1. The number of Topliss-reactive ketones (excluding diaryl/α,β-unsaturated/α-hetero) is 1. The van der Waals surface area contributed by atoms with E-state index in [4.69, 9.17) is 27.6 Å². The fourth-order valence-electron chi connectivity index (χ4n) is 3.94. The molecule has 1 unspecified atom stereocenters. The molecule has 11 nitrogen and oxygen atoms in total. The summed E-state index contributed by atoms with van der Waals surface area (Å²) < 4.78 is 31.3. The number of amides is 1. The Labute approximate surface area is 233 Å². The molecule has 2 aromatic carbocycles. The van der Waals surface area contributed by atoms with Crippen LogP contribution in [0.5, 0.6) is 0 Å². The van der Waals surface area contributed by atoms with Gasteiger partial charge in [-0.3, -0.25) is 24.6 Å². The molecule has 39 heavy (non-hydrogen) atoms. The molecule has 198 valence electrons. The Kier molecular flexibility index (Phi) is 6.76. The highest BCUT2D eigenvalue weighted by Crippen LogP contribution is 2.46. The zero-order chi connectivity index (χ0) is 28.1. The molecule has 15 heteroatoms. The molecule has 5 rings (SSSR count). The highest BCUT2D eigenvalue weighted by molar-refractivity contribution is 7.93. The van der Waals surface area contributed by atoms with Gasteiger partial charge in [0.15, 0.2) is 16.7 Å². The van der Waals surface area contributed by atoms with Crippen LogP contribution in [0, 0.1) is 10.1 Å². The van der Waals surface area contributed by atoms with E-state index in [1.54, 1.807) is 0 Å². The van der Waals surface area contributed by atoms with E-state index < -0.39 is 38.3 Å². The quantitative estimate of drug-likeness (QED) is 0.161. The van der Waals surface area contributed by atoms with Crippen LogP contribution in [0.25, 0.3) is 0 Å². The number of aliphatic hydroxyl groups excluding tert-OH is 1. The third-order valence-electron chi connectivity index (χ3n) is 5.76. The van der Waals surface area contributed by atoms with Crippen LogP contribution in [0.15, 0.2) is 91.9 Å². The molecular formula is C24H13Cl2N3O8S2. The molecule has 0 fully saturated rings. The van der Waals surface area contributed by atoms with Crippen molar-refractivity contribution in [3.8, 4) is 0 Å². The molecule has 0 radical (unpaired) electrons. The topological polar surface area (TPSA) is 161 Å². The Bertz CT molecular complexity index is 1780. The predicted octanol–water partition coefficient (Wildman–Crippen LogP) is 5.57. The molecule has 1 aliphatic heterocycles. The smallest absolute Gasteiger partial charge is 0.296 e. The first-order chi connectivity index (χ1) is 18.5. The Balaban J connectivity index is 1.60. The Morgan fingerprint density at radius 1 is 1.15 bits per heavy atom. The molecule has 0 spiro atoms. The lowest BCUT2D eigenvalue weighted by atomic mass is 9.95. The number of carbonyl (C=O) groups is 2. The van der Waals surface area contributed by atoms with Gasteiger partial charge in [-0.2, -0.15) is 0 Å². The number of nitrogens with zero attached hydrogens (tertiary/aromatic N) is 3. The molecule has 3 heterocycles. The Morgan fingerprint density at radius 3 is 2.49 bits per heavy atom. The standard InChI is InChI=1S/C24H13Cl2N3O8S2/c25-12-3-8-15(16(26)10-12)20-19(21(30)17-2-1-9-37-17)22(31)23(32)28(20)24-27-11-18(38-24)39(35,36)14-6-4-13(5-7-14)29(33)34/h1-11,20,31H. The molecule has 0 saturated carbocycles. The van der Waals surface area contributed by atoms with Gasteiger partial charge in [-0.15, -0.1) is 0 Å². The van der Waals surface area contributed by atoms with E-state index in [2.05, 4.69) is 4.98 Å². The van der Waals surface area contributed by atoms with Gasteiger partial charge < -0.3 is 9.52 Å². The number of furan rings is 1. The van der Waals surface area contributed by atoms with Crippen LogP contribution >= 0.6 is 34.5 Å². The van der Waals surface area contributed by atoms with E-state index in [1.165, 1.54) is 36.6 Å². The summed E-state index contributed by atoms with van der Waals surface area (Å²) in [5.74, 6) is -2.85. The van der Waals surface area contributed by atoms with Crippen LogP contribution in [-0.2, 0) is 14.6 Å². The average Bonchev–Trinajstić information content (AvgIpc) is 3.65. The number of thiazole rings is 1. The monoisotopic (exact) mass is 605 g/mol. The second kappa shape index (κ2) is 9.93.